The maximum Gasteiger partial charge on any atom is 0.254 e. The smallest absolute Gasteiger partial charge is 0.254 e. The summed E-state index contributed by atoms with van der Waals surface area (Å²) < 4.78 is 5.15. The molecule has 4 rings (SSSR count). The van der Waals surface area contributed by atoms with Crippen molar-refractivity contribution in [3.63, 3.8) is 0 Å². The van der Waals surface area contributed by atoms with Gasteiger partial charge in [0.1, 0.15) is 10.8 Å². The monoisotopic (exact) mass is 350 g/mol. The third-order valence-electron chi connectivity index (χ3n) is 4.38. The largest absolute Gasteiger partial charge is 0.497 e. The van der Waals surface area contributed by atoms with Gasteiger partial charge in [-0.2, -0.15) is 0 Å². The van der Waals surface area contributed by atoms with Gasteiger partial charge in [-0.25, -0.2) is 4.98 Å². The number of carbonyl (C=O) groups is 1. The van der Waals surface area contributed by atoms with Gasteiger partial charge in [0.2, 0.25) is 0 Å². The third kappa shape index (κ3) is 3.15. The van der Waals surface area contributed by atoms with Crippen LogP contribution in [0, 0.1) is 0 Å². The fourth-order valence-electron chi connectivity index (χ4n) is 2.99. The number of hydrogen-bond donors (Lipinski definition) is 0. The van der Waals surface area contributed by atoms with Crippen molar-refractivity contribution in [3.05, 3.63) is 70.7 Å². The Labute approximate surface area is 150 Å². The summed E-state index contributed by atoms with van der Waals surface area (Å²) in [6, 6.07) is 17.5. The Bertz CT molecular complexity index is 888. The molecule has 0 spiro atoms. The summed E-state index contributed by atoms with van der Waals surface area (Å²) in [7, 11) is 1.62. The highest BCUT2D eigenvalue weighted by molar-refractivity contribution is 7.15. The van der Waals surface area contributed by atoms with E-state index in [0.717, 1.165) is 28.4 Å². The number of ether oxygens (including phenoxy) is 1. The van der Waals surface area contributed by atoms with Crippen LogP contribution in [0.3, 0.4) is 0 Å². The van der Waals surface area contributed by atoms with Gasteiger partial charge in [-0.3, -0.25) is 4.79 Å². The highest BCUT2D eigenvalue weighted by Crippen LogP contribution is 2.32. The van der Waals surface area contributed by atoms with Crippen molar-refractivity contribution in [3.8, 4) is 16.3 Å². The van der Waals surface area contributed by atoms with Crippen LogP contribution in [-0.4, -0.2) is 29.4 Å². The Morgan fingerprint density at radius 1 is 1.12 bits per heavy atom. The molecule has 1 aromatic heterocycles. The lowest BCUT2D eigenvalue weighted by Gasteiger charge is -2.26. The molecule has 0 saturated heterocycles. The molecule has 126 valence electrons. The predicted octanol–water partition coefficient (Wildman–Crippen LogP) is 4.02. The van der Waals surface area contributed by atoms with E-state index in [1.165, 1.54) is 4.88 Å². The number of hydrogen-bond acceptors (Lipinski definition) is 4. The van der Waals surface area contributed by atoms with Crippen LogP contribution < -0.4 is 4.74 Å². The van der Waals surface area contributed by atoms with Gasteiger partial charge in [-0.1, -0.05) is 30.3 Å². The van der Waals surface area contributed by atoms with Gasteiger partial charge in [0, 0.05) is 29.0 Å². The summed E-state index contributed by atoms with van der Waals surface area (Å²) in [6.45, 7) is 1.33. The van der Waals surface area contributed by atoms with Crippen LogP contribution in [0.25, 0.3) is 10.6 Å². The van der Waals surface area contributed by atoms with E-state index in [9.17, 15) is 4.79 Å². The fraction of sp³-hybridized carbons (Fsp3) is 0.200. The molecule has 0 saturated carbocycles. The van der Waals surface area contributed by atoms with Crippen LogP contribution in [0.15, 0.2) is 54.6 Å². The number of thiazole rings is 1. The number of aromatic nitrogens is 1. The molecule has 2 heterocycles. The Hall–Kier alpha value is -2.66. The summed E-state index contributed by atoms with van der Waals surface area (Å²) in [6.07, 6.45) is 0.806. The highest BCUT2D eigenvalue weighted by Gasteiger charge is 2.25. The molecule has 3 aromatic rings. The molecular formula is C20H18N2O2S. The van der Waals surface area contributed by atoms with Crippen LogP contribution >= 0.6 is 11.3 Å². The molecule has 0 atom stereocenters. The van der Waals surface area contributed by atoms with E-state index in [-0.39, 0.29) is 5.91 Å². The van der Waals surface area contributed by atoms with E-state index in [0.29, 0.717) is 18.7 Å². The minimum absolute atomic E-state index is 0.0583. The minimum atomic E-state index is 0.0583. The lowest BCUT2D eigenvalue weighted by molar-refractivity contribution is 0.0736. The number of fused-ring (bicyclic) bond motifs is 1. The van der Waals surface area contributed by atoms with Gasteiger partial charge in [0.15, 0.2) is 0 Å². The molecule has 4 nitrogen and oxygen atoms in total. The minimum Gasteiger partial charge on any atom is -0.497 e. The van der Waals surface area contributed by atoms with E-state index < -0.39 is 0 Å². The SMILES string of the molecule is COc1ccc(C(=O)N2CCc3nc(-c4ccccc4)sc3C2)cc1. The number of methoxy groups -OCH3 is 1. The summed E-state index contributed by atoms with van der Waals surface area (Å²) in [5.41, 5.74) is 2.95. The summed E-state index contributed by atoms with van der Waals surface area (Å²) in [4.78, 5) is 20.6. The Morgan fingerprint density at radius 3 is 2.60 bits per heavy atom. The number of nitrogens with zero attached hydrogens (tertiary/aromatic N) is 2. The average Bonchev–Trinajstić information content (AvgIpc) is 3.11. The van der Waals surface area contributed by atoms with Crippen LogP contribution in [-0.2, 0) is 13.0 Å². The van der Waals surface area contributed by atoms with Crippen molar-refractivity contribution in [2.24, 2.45) is 0 Å². The van der Waals surface area contributed by atoms with Gasteiger partial charge >= 0.3 is 0 Å². The van der Waals surface area contributed by atoms with E-state index in [2.05, 4.69) is 12.1 Å². The fourth-order valence-corrected chi connectivity index (χ4v) is 4.12. The van der Waals surface area contributed by atoms with Crippen molar-refractivity contribution >= 4 is 17.2 Å². The van der Waals surface area contributed by atoms with Crippen LogP contribution in [0.4, 0.5) is 0 Å². The lowest BCUT2D eigenvalue weighted by atomic mass is 10.1. The molecule has 0 bridgehead atoms. The summed E-state index contributed by atoms with van der Waals surface area (Å²) in [5.74, 6) is 0.815. The molecule has 5 heteroatoms. The van der Waals surface area contributed by atoms with Crippen molar-refractivity contribution in [1.82, 2.24) is 9.88 Å². The first-order valence-corrected chi connectivity index (χ1v) is 9.03. The first kappa shape index (κ1) is 15.8. The molecule has 0 aliphatic carbocycles. The second kappa shape index (κ2) is 6.69. The number of rotatable bonds is 3. The van der Waals surface area contributed by atoms with E-state index in [1.54, 1.807) is 18.4 Å². The second-order valence-electron chi connectivity index (χ2n) is 5.96. The normalized spacial score (nSPS) is 13.4. The van der Waals surface area contributed by atoms with E-state index in [1.807, 2.05) is 47.4 Å². The Morgan fingerprint density at radius 2 is 1.88 bits per heavy atom. The number of carbonyl (C=O) groups excluding carboxylic acids is 1. The first-order valence-electron chi connectivity index (χ1n) is 8.22. The lowest BCUT2D eigenvalue weighted by Crippen LogP contribution is -2.35. The average molecular weight is 350 g/mol. The quantitative estimate of drug-likeness (QED) is 0.716. The molecule has 1 aliphatic heterocycles. The zero-order chi connectivity index (χ0) is 17.2. The Balaban J connectivity index is 1.54. The van der Waals surface area contributed by atoms with Gasteiger partial charge in [-0.15, -0.1) is 11.3 Å². The summed E-state index contributed by atoms with van der Waals surface area (Å²) in [5, 5.41) is 1.03. The molecule has 1 amide bonds. The molecule has 0 N–H and O–H groups in total. The third-order valence-corrected chi connectivity index (χ3v) is 5.51. The molecule has 2 aromatic carbocycles. The second-order valence-corrected chi connectivity index (χ2v) is 7.04. The molecule has 25 heavy (non-hydrogen) atoms. The molecule has 0 fully saturated rings. The molecule has 1 aliphatic rings. The standard InChI is InChI=1S/C20H18N2O2S/c1-24-16-9-7-15(8-10-16)20(23)22-12-11-17-18(13-22)25-19(21-17)14-5-3-2-4-6-14/h2-10H,11-13H2,1H3. The Kier molecular flexibility index (Phi) is 4.24. The van der Waals surface area contributed by atoms with Crippen LogP contribution in [0.5, 0.6) is 5.75 Å². The molecule has 0 radical (unpaired) electrons. The predicted molar refractivity (Wildman–Crippen MR) is 99.0 cm³/mol. The maximum atomic E-state index is 12.8. The van der Waals surface area contributed by atoms with Crippen LogP contribution in [0.1, 0.15) is 20.9 Å². The number of benzene rings is 2. The molecular weight excluding hydrogens is 332 g/mol. The van der Waals surface area contributed by atoms with Gasteiger partial charge in [0.05, 0.1) is 19.3 Å². The first-order chi connectivity index (χ1) is 12.2. The highest BCUT2D eigenvalue weighted by atomic mass is 32.1. The topological polar surface area (TPSA) is 42.4 Å². The van der Waals surface area contributed by atoms with Crippen LogP contribution in [0.2, 0.25) is 0 Å². The molecule has 0 unspecified atom stereocenters. The van der Waals surface area contributed by atoms with E-state index in [4.69, 9.17) is 9.72 Å². The van der Waals surface area contributed by atoms with Crippen molar-refractivity contribution in [2.45, 2.75) is 13.0 Å². The van der Waals surface area contributed by atoms with E-state index >= 15 is 0 Å². The summed E-state index contributed by atoms with van der Waals surface area (Å²) >= 11 is 1.69. The van der Waals surface area contributed by atoms with Crippen molar-refractivity contribution < 1.29 is 9.53 Å². The zero-order valence-corrected chi connectivity index (χ0v) is 14.8. The van der Waals surface area contributed by atoms with Crippen molar-refractivity contribution in [2.75, 3.05) is 13.7 Å². The van der Waals surface area contributed by atoms with Gasteiger partial charge in [-0.05, 0) is 24.3 Å². The maximum absolute atomic E-state index is 12.8. The van der Waals surface area contributed by atoms with Gasteiger partial charge < -0.3 is 9.64 Å². The van der Waals surface area contributed by atoms with Gasteiger partial charge in [0.25, 0.3) is 5.91 Å². The van der Waals surface area contributed by atoms with Crippen molar-refractivity contribution in [1.29, 1.82) is 0 Å². The number of amides is 1. The zero-order valence-electron chi connectivity index (χ0n) is 13.9.